The standard InChI is InChI=1S/C20H19N3O5S2/c1-11-8-14(27-3)5-7-17(11)30(25,26)23-20-22-19(12(2)29-20)13-4-6-16-15(9-13)21-18(24)10-28-16/h4-9H,10H2,1-3H3,(H,21,24)(H,22,23). The van der Waals surface area contributed by atoms with Crippen LogP contribution in [0.15, 0.2) is 41.3 Å². The van der Waals surface area contributed by atoms with Crippen LogP contribution in [0.5, 0.6) is 11.5 Å². The van der Waals surface area contributed by atoms with Gasteiger partial charge in [-0.05, 0) is 55.8 Å². The molecule has 1 aliphatic heterocycles. The topological polar surface area (TPSA) is 107 Å². The van der Waals surface area contributed by atoms with E-state index in [2.05, 4.69) is 15.0 Å². The number of thiazole rings is 1. The van der Waals surface area contributed by atoms with E-state index < -0.39 is 10.0 Å². The Balaban J connectivity index is 1.63. The normalized spacial score (nSPS) is 13.2. The molecule has 0 saturated carbocycles. The number of benzene rings is 2. The highest BCUT2D eigenvalue weighted by Gasteiger charge is 2.22. The van der Waals surface area contributed by atoms with Gasteiger partial charge in [0.25, 0.3) is 15.9 Å². The van der Waals surface area contributed by atoms with Gasteiger partial charge in [0.15, 0.2) is 11.7 Å². The molecular formula is C20H19N3O5S2. The zero-order valence-corrected chi connectivity index (χ0v) is 18.1. The third-order valence-electron chi connectivity index (χ3n) is 4.58. The second-order valence-electron chi connectivity index (χ2n) is 6.71. The molecule has 4 rings (SSSR count). The fourth-order valence-corrected chi connectivity index (χ4v) is 5.46. The van der Waals surface area contributed by atoms with E-state index in [1.54, 1.807) is 31.2 Å². The number of fused-ring (bicyclic) bond motifs is 1. The number of nitrogens with zero attached hydrogens (tertiary/aromatic N) is 1. The number of methoxy groups -OCH3 is 1. The highest BCUT2D eigenvalue weighted by molar-refractivity contribution is 7.93. The fourth-order valence-electron chi connectivity index (χ4n) is 3.16. The average Bonchev–Trinajstić information content (AvgIpc) is 3.06. The third-order valence-corrected chi connectivity index (χ3v) is 7.09. The molecule has 3 aromatic rings. The average molecular weight is 446 g/mol. The van der Waals surface area contributed by atoms with Crippen LogP contribution in [0.4, 0.5) is 10.8 Å². The predicted molar refractivity (Wildman–Crippen MR) is 115 cm³/mol. The molecule has 2 aromatic carbocycles. The Bertz CT molecular complexity index is 1250. The zero-order valence-electron chi connectivity index (χ0n) is 16.5. The lowest BCUT2D eigenvalue weighted by Crippen LogP contribution is -2.25. The van der Waals surface area contributed by atoms with Crippen molar-refractivity contribution >= 4 is 38.1 Å². The first-order valence-electron chi connectivity index (χ1n) is 8.99. The van der Waals surface area contributed by atoms with Gasteiger partial charge in [-0.25, -0.2) is 13.4 Å². The molecule has 0 radical (unpaired) electrons. The largest absolute Gasteiger partial charge is 0.497 e. The lowest BCUT2D eigenvalue weighted by Gasteiger charge is -2.18. The first-order chi connectivity index (χ1) is 14.3. The van der Waals surface area contributed by atoms with Crippen molar-refractivity contribution < 1.29 is 22.7 Å². The van der Waals surface area contributed by atoms with Crippen LogP contribution >= 0.6 is 11.3 Å². The van der Waals surface area contributed by atoms with Crippen LogP contribution in [0.3, 0.4) is 0 Å². The smallest absolute Gasteiger partial charge is 0.263 e. The van der Waals surface area contributed by atoms with Gasteiger partial charge in [0.1, 0.15) is 11.5 Å². The molecule has 0 aliphatic carbocycles. The molecule has 0 saturated heterocycles. The molecule has 1 aromatic heterocycles. The number of hydrogen-bond acceptors (Lipinski definition) is 7. The van der Waals surface area contributed by atoms with Crippen LogP contribution in [-0.2, 0) is 14.8 Å². The Morgan fingerprint density at radius 3 is 2.73 bits per heavy atom. The van der Waals surface area contributed by atoms with Crippen molar-refractivity contribution in [2.75, 3.05) is 23.8 Å². The summed E-state index contributed by atoms with van der Waals surface area (Å²) in [5.74, 6) is 0.947. The first-order valence-corrected chi connectivity index (χ1v) is 11.3. The van der Waals surface area contributed by atoms with Crippen LogP contribution in [0, 0.1) is 13.8 Å². The van der Waals surface area contributed by atoms with Gasteiger partial charge < -0.3 is 14.8 Å². The summed E-state index contributed by atoms with van der Waals surface area (Å²) in [6.45, 7) is 3.55. The molecule has 2 N–H and O–H groups in total. The predicted octanol–water partition coefficient (Wildman–Crippen LogP) is 3.57. The van der Waals surface area contributed by atoms with Crippen molar-refractivity contribution in [3.63, 3.8) is 0 Å². The summed E-state index contributed by atoms with van der Waals surface area (Å²) in [5, 5.41) is 3.02. The summed E-state index contributed by atoms with van der Waals surface area (Å²) in [6.07, 6.45) is 0. The number of amides is 1. The van der Waals surface area contributed by atoms with Gasteiger partial charge >= 0.3 is 0 Å². The van der Waals surface area contributed by atoms with E-state index in [0.29, 0.717) is 28.4 Å². The maximum absolute atomic E-state index is 12.9. The molecular weight excluding hydrogens is 426 g/mol. The minimum absolute atomic E-state index is 0.0151. The highest BCUT2D eigenvalue weighted by Crippen LogP contribution is 2.36. The molecule has 2 heterocycles. The van der Waals surface area contributed by atoms with Crippen LogP contribution in [0.2, 0.25) is 0 Å². The van der Waals surface area contributed by atoms with Gasteiger partial charge in [0.2, 0.25) is 0 Å². The van der Waals surface area contributed by atoms with E-state index in [0.717, 1.165) is 10.4 Å². The van der Waals surface area contributed by atoms with Gasteiger partial charge in [-0.2, -0.15) is 0 Å². The second-order valence-corrected chi connectivity index (χ2v) is 9.56. The summed E-state index contributed by atoms with van der Waals surface area (Å²) < 4.78 is 38.8. The van der Waals surface area contributed by atoms with Gasteiger partial charge in [0.05, 0.1) is 23.4 Å². The van der Waals surface area contributed by atoms with E-state index in [1.807, 2.05) is 13.0 Å². The minimum Gasteiger partial charge on any atom is -0.497 e. The number of hydrogen-bond donors (Lipinski definition) is 2. The third kappa shape index (κ3) is 3.83. The molecule has 0 fully saturated rings. The Labute approximate surface area is 177 Å². The van der Waals surface area contributed by atoms with E-state index in [9.17, 15) is 13.2 Å². The maximum atomic E-state index is 12.9. The van der Waals surface area contributed by atoms with E-state index in [4.69, 9.17) is 9.47 Å². The van der Waals surface area contributed by atoms with Crippen molar-refractivity contribution in [3.05, 3.63) is 46.8 Å². The van der Waals surface area contributed by atoms with Gasteiger partial charge in [-0.15, -0.1) is 11.3 Å². The van der Waals surface area contributed by atoms with Crippen molar-refractivity contribution in [1.29, 1.82) is 0 Å². The molecule has 0 atom stereocenters. The van der Waals surface area contributed by atoms with Crippen LogP contribution in [0.25, 0.3) is 11.3 Å². The Morgan fingerprint density at radius 2 is 2.00 bits per heavy atom. The van der Waals surface area contributed by atoms with Crippen molar-refractivity contribution in [2.45, 2.75) is 18.7 Å². The monoisotopic (exact) mass is 445 g/mol. The molecule has 8 nitrogen and oxygen atoms in total. The summed E-state index contributed by atoms with van der Waals surface area (Å²) in [6, 6.07) is 10.1. The molecule has 1 aliphatic rings. The summed E-state index contributed by atoms with van der Waals surface area (Å²) in [5.41, 5.74) is 2.51. The zero-order chi connectivity index (χ0) is 21.5. The van der Waals surface area contributed by atoms with E-state index >= 15 is 0 Å². The number of rotatable bonds is 5. The maximum Gasteiger partial charge on any atom is 0.263 e. The van der Waals surface area contributed by atoms with E-state index in [-0.39, 0.29) is 22.5 Å². The van der Waals surface area contributed by atoms with Crippen LogP contribution in [-0.4, -0.2) is 33.0 Å². The minimum atomic E-state index is -3.81. The number of nitrogens with one attached hydrogen (secondary N) is 2. The molecule has 10 heteroatoms. The van der Waals surface area contributed by atoms with Crippen LogP contribution in [0.1, 0.15) is 10.4 Å². The van der Waals surface area contributed by atoms with Gasteiger partial charge in [0, 0.05) is 10.4 Å². The number of aromatic nitrogens is 1. The molecule has 0 unspecified atom stereocenters. The summed E-state index contributed by atoms with van der Waals surface area (Å²) >= 11 is 1.24. The quantitative estimate of drug-likeness (QED) is 0.622. The van der Waals surface area contributed by atoms with Crippen LogP contribution < -0.4 is 19.5 Å². The number of carbonyl (C=O) groups excluding carboxylic acids is 1. The van der Waals surface area contributed by atoms with Crippen molar-refractivity contribution in [1.82, 2.24) is 4.98 Å². The summed E-state index contributed by atoms with van der Waals surface area (Å²) in [4.78, 5) is 17.0. The van der Waals surface area contributed by atoms with Gasteiger partial charge in [-0.3, -0.25) is 9.52 Å². The molecule has 0 bridgehead atoms. The lowest BCUT2D eigenvalue weighted by molar-refractivity contribution is -0.118. The number of aryl methyl sites for hydroxylation is 2. The van der Waals surface area contributed by atoms with Crippen molar-refractivity contribution in [2.24, 2.45) is 0 Å². The fraction of sp³-hybridized carbons (Fsp3) is 0.200. The molecule has 0 spiro atoms. The van der Waals surface area contributed by atoms with E-state index in [1.165, 1.54) is 24.5 Å². The molecule has 30 heavy (non-hydrogen) atoms. The van der Waals surface area contributed by atoms with Crippen molar-refractivity contribution in [3.8, 4) is 22.8 Å². The first kappa shape index (κ1) is 20.2. The Kier molecular flexibility index (Phi) is 5.12. The SMILES string of the molecule is COc1ccc(S(=O)(=O)Nc2nc(-c3ccc4c(c3)NC(=O)CO4)c(C)s2)c(C)c1. The Morgan fingerprint density at radius 1 is 1.20 bits per heavy atom. The van der Waals surface area contributed by atoms with Gasteiger partial charge in [-0.1, -0.05) is 0 Å². The number of carbonyl (C=O) groups is 1. The summed E-state index contributed by atoms with van der Waals surface area (Å²) in [7, 11) is -2.28. The number of ether oxygens (including phenoxy) is 2. The lowest BCUT2D eigenvalue weighted by atomic mass is 10.1. The molecule has 1 amide bonds. The highest BCUT2D eigenvalue weighted by atomic mass is 32.2. The second kappa shape index (κ2) is 7.62. The Hall–Kier alpha value is -3.11. The number of anilines is 2. The number of sulfonamides is 1. The molecule has 156 valence electrons.